The number of rotatable bonds is 6. The molecule has 0 saturated heterocycles. The van der Waals surface area contributed by atoms with E-state index in [-0.39, 0.29) is 12.5 Å². The van der Waals surface area contributed by atoms with Gasteiger partial charge >= 0.3 is 0 Å². The van der Waals surface area contributed by atoms with Gasteiger partial charge in [0.2, 0.25) is 0 Å². The number of nitrogens with zero attached hydrogens (tertiary/aromatic N) is 2. The van der Waals surface area contributed by atoms with Crippen LogP contribution in [-0.2, 0) is 0 Å². The number of amides is 1. The second kappa shape index (κ2) is 8.76. The van der Waals surface area contributed by atoms with Gasteiger partial charge in [-0.3, -0.25) is 14.9 Å². The summed E-state index contributed by atoms with van der Waals surface area (Å²) in [5.74, 6) is 2.19. The van der Waals surface area contributed by atoms with Gasteiger partial charge in [0.05, 0.1) is 34.7 Å². The number of anilines is 2. The molecule has 0 aliphatic heterocycles. The van der Waals surface area contributed by atoms with E-state index in [0.717, 1.165) is 28.0 Å². The molecular weight excluding hydrogens is 374 g/mol. The molecule has 0 fully saturated rings. The summed E-state index contributed by atoms with van der Waals surface area (Å²) in [6, 6.07) is 18.9. The number of pyridine rings is 1. The third-order valence-corrected chi connectivity index (χ3v) is 4.49. The molecule has 0 bridgehead atoms. The zero-order valence-electron chi connectivity index (χ0n) is 16.1. The quantitative estimate of drug-likeness (QED) is 0.428. The molecule has 0 spiro atoms. The summed E-state index contributed by atoms with van der Waals surface area (Å²) >= 11 is 0. The van der Waals surface area contributed by atoms with Crippen LogP contribution < -0.4 is 10.6 Å². The van der Waals surface area contributed by atoms with Crippen molar-refractivity contribution in [2.24, 2.45) is 0 Å². The summed E-state index contributed by atoms with van der Waals surface area (Å²) in [6.45, 7) is 0.183. The summed E-state index contributed by atoms with van der Waals surface area (Å²) < 4.78 is 0. The highest BCUT2D eigenvalue weighted by atomic mass is 16.1. The van der Waals surface area contributed by atoms with E-state index in [0.29, 0.717) is 11.3 Å². The van der Waals surface area contributed by atoms with Crippen LogP contribution in [0.15, 0.2) is 66.9 Å². The lowest BCUT2D eigenvalue weighted by atomic mass is 10.1. The molecule has 0 radical (unpaired) electrons. The van der Waals surface area contributed by atoms with E-state index in [4.69, 9.17) is 6.42 Å². The predicted molar refractivity (Wildman–Crippen MR) is 120 cm³/mol. The lowest BCUT2D eigenvalue weighted by Crippen LogP contribution is -2.24. The van der Waals surface area contributed by atoms with Gasteiger partial charge in [0.1, 0.15) is 0 Å². The Balaban J connectivity index is 1.57. The zero-order chi connectivity index (χ0) is 20.8. The summed E-state index contributed by atoms with van der Waals surface area (Å²) in [7, 11) is 0. The first-order valence-corrected chi connectivity index (χ1v) is 9.39. The fourth-order valence-corrected chi connectivity index (χ4v) is 3.06. The van der Waals surface area contributed by atoms with Gasteiger partial charge in [0, 0.05) is 17.3 Å². The highest BCUT2D eigenvalue weighted by Gasteiger charge is 2.11. The van der Waals surface area contributed by atoms with E-state index in [1.165, 1.54) is 0 Å². The smallest absolute Gasteiger partial charge is 0.254 e. The third kappa shape index (κ3) is 4.21. The second-order valence-corrected chi connectivity index (χ2v) is 6.51. The van der Waals surface area contributed by atoms with Gasteiger partial charge in [-0.1, -0.05) is 24.1 Å². The van der Waals surface area contributed by atoms with E-state index >= 15 is 0 Å². The van der Waals surface area contributed by atoms with Crippen molar-refractivity contribution in [1.82, 2.24) is 20.5 Å². The zero-order valence-corrected chi connectivity index (χ0v) is 16.1. The van der Waals surface area contributed by atoms with Gasteiger partial charge in [-0.05, 0) is 54.6 Å². The number of fused-ring (bicyclic) bond motifs is 1. The monoisotopic (exact) mass is 393 g/mol. The number of hydrogen-bond donors (Lipinski definition) is 3. The van der Waals surface area contributed by atoms with Gasteiger partial charge in [-0.15, -0.1) is 6.42 Å². The van der Waals surface area contributed by atoms with Crippen LogP contribution in [-0.4, -0.2) is 27.6 Å². The first kappa shape index (κ1) is 19.0. The van der Waals surface area contributed by atoms with Crippen molar-refractivity contribution < 1.29 is 4.79 Å². The minimum absolute atomic E-state index is 0.183. The average molecular weight is 393 g/mol. The second-order valence-electron chi connectivity index (χ2n) is 6.51. The van der Waals surface area contributed by atoms with Crippen LogP contribution in [0.25, 0.3) is 23.1 Å². The molecule has 2 aromatic carbocycles. The van der Waals surface area contributed by atoms with Gasteiger partial charge in [0.25, 0.3) is 5.91 Å². The van der Waals surface area contributed by atoms with Crippen molar-refractivity contribution in [3.63, 3.8) is 0 Å². The SMILES string of the molecule is C#CCNC(=O)c1ccccc1Nc1ccc2c(/C=C/c3ccccn3)n[nH]c2c1. The molecule has 0 aliphatic rings. The Kier molecular flexibility index (Phi) is 5.54. The maximum atomic E-state index is 12.3. The molecule has 2 aromatic heterocycles. The summed E-state index contributed by atoms with van der Waals surface area (Å²) in [4.78, 5) is 16.6. The summed E-state index contributed by atoms with van der Waals surface area (Å²) in [5, 5.41) is 14.4. The van der Waals surface area contributed by atoms with E-state index in [1.54, 1.807) is 12.3 Å². The highest BCUT2D eigenvalue weighted by molar-refractivity contribution is 6.00. The van der Waals surface area contributed by atoms with Crippen molar-refractivity contribution in [2.45, 2.75) is 0 Å². The predicted octanol–water partition coefficient (Wildman–Crippen LogP) is 4.23. The summed E-state index contributed by atoms with van der Waals surface area (Å²) in [5.41, 5.74) is 4.64. The molecule has 0 unspecified atom stereocenters. The number of benzene rings is 2. The normalized spacial score (nSPS) is 10.8. The fourth-order valence-electron chi connectivity index (χ4n) is 3.06. The lowest BCUT2D eigenvalue weighted by Gasteiger charge is -2.11. The molecular formula is C24H19N5O. The molecule has 2 heterocycles. The molecule has 3 N–H and O–H groups in total. The standard InChI is InChI=1S/C24H19N5O/c1-2-14-26-24(30)20-8-3-4-9-21(20)27-18-10-12-19-22(28-29-23(19)16-18)13-11-17-7-5-6-15-25-17/h1,3-13,15-16,27H,14H2,(H,26,30)(H,28,29)/b13-11+. The Bertz CT molecular complexity index is 1250. The van der Waals surface area contributed by atoms with E-state index in [1.807, 2.05) is 66.7 Å². The number of terminal acetylenes is 1. The Morgan fingerprint density at radius 3 is 2.80 bits per heavy atom. The van der Waals surface area contributed by atoms with Gasteiger partial charge in [-0.2, -0.15) is 5.10 Å². The van der Waals surface area contributed by atoms with E-state index in [2.05, 4.69) is 31.7 Å². The number of H-pyrrole nitrogens is 1. The lowest BCUT2D eigenvalue weighted by molar-refractivity contribution is 0.0959. The largest absolute Gasteiger partial charge is 0.355 e. The Morgan fingerprint density at radius 2 is 1.97 bits per heavy atom. The molecule has 0 atom stereocenters. The van der Waals surface area contributed by atoms with Crippen LogP contribution in [0.2, 0.25) is 0 Å². The number of aromatic nitrogens is 3. The molecule has 146 valence electrons. The Labute approximate surface area is 174 Å². The van der Waals surface area contributed by atoms with Crippen molar-refractivity contribution in [1.29, 1.82) is 0 Å². The van der Waals surface area contributed by atoms with Crippen molar-refractivity contribution in [3.8, 4) is 12.3 Å². The summed E-state index contributed by atoms with van der Waals surface area (Å²) in [6.07, 6.45) is 10.8. The first-order valence-electron chi connectivity index (χ1n) is 9.39. The molecule has 0 aliphatic carbocycles. The number of para-hydroxylation sites is 1. The molecule has 1 amide bonds. The first-order chi connectivity index (χ1) is 14.7. The fraction of sp³-hybridized carbons (Fsp3) is 0.0417. The van der Waals surface area contributed by atoms with Crippen LogP contribution in [0.4, 0.5) is 11.4 Å². The van der Waals surface area contributed by atoms with Gasteiger partial charge < -0.3 is 10.6 Å². The Hall–Kier alpha value is -4.37. The minimum Gasteiger partial charge on any atom is -0.355 e. The number of aromatic amines is 1. The van der Waals surface area contributed by atoms with E-state index in [9.17, 15) is 4.79 Å². The molecule has 6 nitrogen and oxygen atoms in total. The van der Waals surface area contributed by atoms with Gasteiger partial charge in [-0.25, -0.2) is 0 Å². The number of carbonyl (C=O) groups is 1. The van der Waals surface area contributed by atoms with Crippen molar-refractivity contribution >= 4 is 40.3 Å². The number of hydrogen-bond acceptors (Lipinski definition) is 4. The number of nitrogens with one attached hydrogen (secondary N) is 3. The van der Waals surface area contributed by atoms with Crippen LogP contribution >= 0.6 is 0 Å². The highest BCUT2D eigenvalue weighted by Crippen LogP contribution is 2.25. The number of carbonyl (C=O) groups excluding carboxylic acids is 1. The van der Waals surface area contributed by atoms with E-state index < -0.39 is 0 Å². The van der Waals surface area contributed by atoms with Crippen LogP contribution in [0, 0.1) is 12.3 Å². The topological polar surface area (TPSA) is 82.7 Å². The average Bonchev–Trinajstić information content (AvgIpc) is 3.19. The van der Waals surface area contributed by atoms with Crippen molar-refractivity contribution in [2.75, 3.05) is 11.9 Å². The van der Waals surface area contributed by atoms with Gasteiger partial charge in [0.15, 0.2) is 0 Å². The Morgan fingerprint density at radius 1 is 1.10 bits per heavy atom. The minimum atomic E-state index is -0.222. The maximum absolute atomic E-state index is 12.3. The maximum Gasteiger partial charge on any atom is 0.254 e. The molecule has 0 saturated carbocycles. The van der Waals surface area contributed by atoms with Crippen LogP contribution in [0.3, 0.4) is 0 Å². The van der Waals surface area contributed by atoms with Crippen molar-refractivity contribution in [3.05, 3.63) is 83.8 Å². The molecule has 4 aromatic rings. The molecule has 30 heavy (non-hydrogen) atoms. The van der Waals surface area contributed by atoms with Crippen LogP contribution in [0.5, 0.6) is 0 Å². The third-order valence-electron chi connectivity index (χ3n) is 4.49. The molecule has 6 heteroatoms. The van der Waals surface area contributed by atoms with Crippen LogP contribution in [0.1, 0.15) is 21.7 Å². The molecule has 4 rings (SSSR count).